The van der Waals surface area contributed by atoms with Crippen molar-refractivity contribution in [3.63, 3.8) is 0 Å². The fraction of sp³-hybridized carbons (Fsp3) is 0.571. The van der Waals surface area contributed by atoms with Crippen LogP contribution in [0.15, 0.2) is 18.2 Å². The van der Waals surface area contributed by atoms with Gasteiger partial charge in [0.25, 0.3) is 0 Å². The van der Waals surface area contributed by atoms with Crippen molar-refractivity contribution in [2.75, 3.05) is 6.54 Å². The van der Waals surface area contributed by atoms with Gasteiger partial charge in [-0.25, -0.2) is 0 Å². The Bertz CT molecular complexity index is 358. The summed E-state index contributed by atoms with van der Waals surface area (Å²) in [6.45, 7) is 3.22. The number of hydrogen-bond acceptors (Lipinski definition) is 1. The summed E-state index contributed by atoms with van der Waals surface area (Å²) in [4.78, 5) is 0. The minimum Gasteiger partial charge on any atom is -0.314 e. The summed E-state index contributed by atoms with van der Waals surface area (Å²) in [5.74, 6) is 0.719. The second-order valence-electron chi connectivity index (χ2n) is 4.84. The van der Waals surface area contributed by atoms with Gasteiger partial charge in [0.1, 0.15) is 0 Å². The Hall–Kier alpha value is -0.240. The zero-order chi connectivity index (χ0) is 12.3. The third-order valence-electron chi connectivity index (χ3n) is 3.59. The monoisotopic (exact) mass is 271 g/mol. The number of nitrogens with one attached hydrogen (secondary N) is 1. The van der Waals surface area contributed by atoms with Crippen LogP contribution in [0, 0.1) is 5.92 Å². The first-order chi connectivity index (χ1) is 8.20. The van der Waals surface area contributed by atoms with Gasteiger partial charge in [0, 0.05) is 16.1 Å². The van der Waals surface area contributed by atoms with Crippen LogP contribution in [0.4, 0.5) is 0 Å². The lowest BCUT2D eigenvalue weighted by Crippen LogP contribution is -2.25. The molecule has 0 heterocycles. The molecule has 0 bridgehead atoms. The topological polar surface area (TPSA) is 12.0 Å². The minimum atomic E-state index is 0.686. The van der Waals surface area contributed by atoms with E-state index < -0.39 is 0 Å². The van der Waals surface area contributed by atoms with Crippen molar-refractivity contribution in [1.29, 1.82) is 0 Å². The summed E-state index contributed by atoms with van der Waals surface area (Å²) < 4.78 is 0. The minimum absolute atomic E-state index is 0.686. The fourth-order valence-corrected chi connectivity index (χ4v) is 3.30. The average Bonchev–Trinajstić information content (AvgIpc) is 2.72. The molecule has 0 aromatic heterocycles. The van der Waals surface area contributed by atoms with E-state index >= 15 is 0 Å². The van der Waals surface area contributed by atoms with Crippen molar-refractivity contribution >= 4 is 23.2 Å². The molecule has 3 heteroatoms. The first-order valence-electron chi connectivity index (χ1n) is 6.37. The molecule has 94 valence electrons. The Morgan fingerprint density at radius 3 is 2.59 bits per heavy atom. The lowest BCUT2D eigenvalue weighted by Gasteiger charge is -2.14. The molecule has 0 spiro atoms. The van der Waals surface area contributed by atoms with E-state index in [0.717, 1.165) is 34.5 Å². The summed E-state index contributed by atoms with van der Waals surface area (Å²) in [5.41, 5.74) is 1.12. The van der Waals surface area contributed by atoms with Gasteiger partial charge >= 0.3 is 0 Å². The Kier molecular flexibility index (Phi) is 4.72. The van der Waals surface area contributed by atoms with Crippen LogP contribution in [0.3, 0.4) is 0 Å². The fourth-order valence-electron chi connectivity index (χ4n) is 2.75. The average molecular weight is 272 g/mol. The van der Waals surface area contributed by atoms with Crippen molar-refractivity contribution in [3.05, 3.63) is 33.8 Å². The predicted octanol–water partition coefficient (Wildman–Crippen LogP) is 4.31. The van der Waals surface area contributed by atoms with E-state index in [1.807, 2.05) is 18.2 Å². The van der Waals surface area contributed by atoms with Crippen LogP contribution in [-0.4, -0.2) is 12.6 Å². The van der Waals surface area contributed by atoms with Crippen LogP contribution in [0.25, 0.3) is 0 Å². The van der Waals surface area contributed by atoms with Crippen LogP contribution < -0.4 is 5.32 Å². The van der Waals surface area contributed by atoms with Gasteiger partial charge in [0.05, 0.1) is 0 Å². The van der Waals surface area contributed by atoms with Crippen molar-refractivity contribution in [1.82, 2.24) is 5.32 Å². The molecule has 2 rings (SSSR count). The van der Waals surface area contributed by atoms with E-state index in [1.165, 1.54) is 19.3 Å². The van der Waals surface area contributed by atoms with Crippen molar-refractivity contribution in [2.24, 2.45) is 5.92 Å². The zero-order valence-corrected chi connectivity index (χ0v) is 11.7. The summed E-state index contributed by atoms with van der Waals surface area (Å²) in [5, 5.41) is 5.14. The largest absolute Gasteiger partial charge is 0.314 e. The summed E-state index contributed by atoms with van der Waals surface area (Å²) in [7, 11) is 0. The van der Waals surface area contributed by atoms with Gasteiger partial charge in [-0.3, -0.25) is 0 Å². The smallest absolute Gasteiger partial charge is 0.0452 e. The molecule has 0 amide bonds. The third-order valence-corrected chi connectivity index (χ3v) is 4.30. The first kappa shape index (κ1) is 13.2. The Labute approximate surface area is 114 Å². The molecular formula is C14H19Cl2N. The Balaban J connectivity index is 1.98. The SMILES string of the molecule is CCNC1CCC(Cc2c(Cl)cccc2Cl)C1. The molecule has 0 radical (unpaired) electrons. The lowest BCUT2D eigenvalue weighted by atomic mass is 9.97. The molecule has 1 nitrogen and oxygen atoms in total. The molecule has 1 aromatic carbocycles. The van der Waals surface area contributed by atoms with Gasteiger partial charge in [-0.2, -0.15) is 0 Å². The second-order valence-corrected chi connectivity index (χ2v) is 5.65. The highest BCUT2D eigenvalue weighted by atomic mass is 35.5. The molecule has 1 saturated carbocycles. The highest BCUT2D eigenvalue weighted by molar-refractivity contribution is 6.35. The molecule has 2 atom stereocenters. The van der Waals surface area contributed by atoms with Gasteiger partial charge in [0.15, 0.2) is 0 Å². The standard InChI is InChI=1S/C14H19Cl2N/c1-2-17-11-7-6-10(8-11)9-12-13(15)4-3-5-14(12)16/h3-5,10-11,17H,2,6-9H2,1H3. The molecule has 1 fully saturated rings. The highest BCUT2D eigenvalue weighted by Gasteiger charge is 2.25. The zero-order valence-electron chi connectivity index (χ0n) is 10.2. The predicted molar refractivity (Wildman–Crippen MR) is 75.0 cm³/mol. The maximum Gasteiger partial charge on any atom is 0.0452 e. The van der Waals surface area contributed by atoms with Crippen molar-refractivity contribution < 1.29 is 0 Å². The summed E-state index contributed by atoms with van der Waals surface area (Å²) in [6, 6.07) is 6.45. The molecular weight excluding hydrogens is 253 g/mol. The summed E-state index contributed by atoms with van der Waals surface area (Å²) >= 11 is 12.4. The molecule has 17 heavy (non-hydrogen) atoms. The van der Waals surface area contributed by atoms with E-state index in [2.05, 4.69) is 12.2 Å². The van der Waals surface area contributed by atoms with E-state index in [0.29, 0.717) is 6.04 Å². The van der Waals surface area contributed by atoms with Gasteiger partial charge in [0.2, 0.25) is 0 Å². The molecule has 1 aromatic rings. The molecule has 0 saturated heterocycles. The van der Waals surface area contributed by atoms with Gasteiger partial charge < -0.3 is 5.32 Å². The van der Waals surface area contributed by atoms with Crippen LogP contribution >= 0.6 is 23.2 Å². The Morgan fingerprint density at radius 2 is 1.94 bits per heavy atom. The van der Waals surface area contributed by atoms with E-state index in [-0.39, 0.29) is 0 Å². The van der Waals surface area contributed by atoms with Crippen LogP contribution in [-0.2, 0) is 6.42 Å². The maximum absolute atomic E-state index is 6.21. The summed E-state index contributed by atoms with van der Waals surface area (Å²) in [6.07, 6.45) is 4.82. The molecule has 1 N–H and O–H groups in total. The second kappa shape index (κ2) is 6.08. The normalized spacial score (nSPS) is 24.2. The molecule has 2 unspecified atom stereocenters. The van der Waals surface area contributed by atoms with E-state index in [9.17, 15) is 0 Å². The highest BCUT2D eigenvalue weighted by Crippen LogP contribution is 2.33. The molecule has 1 aliphatic rings. The van der Waals surface area contributed by atoms with E-state index in [1.54, 1.807) is 0 Å². The lowest BCUT2D eigenvalue weighted by molar-refractivity contribution is 0.494. The first-order valence-corrected chi connectivity index (χ1v) is 7.12. The van der Waals surface area contributed by atoms with Crippen LogP contribution in [0.5, 0.6) is 0 Å². The van der Waals surface area contributed by atoms with Gasteiger partial charge in [-0.05, 0) is 55.8 Å². The van der Waals surface area contributed by atoms with E-state index in [4.69, 9.17) is 23.2 Å². The molecule has 0 aliphatic heterocycles. The number of hydrogen-bond donors (Lipinski definition) is 1. The molecule has 1 aliphatic carbocycles. The van der Waals surface area contributed by atoms with Crippen molar-refractivity contribution in [3.8, 4) is 0 Å². The quantitative estimate of drug-likeness (QED) is 0.861. The number of halogens is 2. The number of rotatable bonds is 4. The van der Waals surface area contributed by atoms with Gasteiger partial charge in [-0.1, -0.05) is 36.2 Å². The van der Waals surface area contributed by atoms with Crippen LogP contribution in [0.1, 0.15) is 31.7 Å². The maximum atomic E-state index is 6.21. The van der Waals surface area contributed by atoms with Gasteiger partial charge in [-0.15, -0.1) is 0 Å². The van der Waals surface area contributed by atoms with Crippen LogP contribution in [0.2, 0.25) is 10.0 Å². The number of benzene rings is 1. The third kappa shape index (κ3) is 3.37. The van der Waals surface area contributed by atoms with Crippen molar-refractivity contribution in [2.45, 2.75) is 38.6 Å². The Morgan fingerprint density at radius 1 is 1.24 bits per heavy atom.